The van der Waals surface area contributed by atoms with E-state index in [0.717, 1.165) is 0 Å². The summed E-state index contributed by atoms with van der Waals surface area (Å²) in [6, 6.07) is 5.11. The molecule has 0 aromatic carbocycles. The minimum absolute atomic E-state index is 0.0974. The van der Waals surface area contributed by atoms with E-state index in [1.165, 1.54) is 0 Å². The van der Waals surface area contributed by atoms with E-state index in [9.17, 15) is 4.79 Å². The van der Waals surface area contributed by atoms with Gasteiger partial charge in [0.15, 0.2) is 0 Å². The zero-order valence-electron chi connectivity index (χ0n) is 10.2. The zero-order chi connectivity index (χ0) is 12.9. The van der Waals surface area contributed by atoms with Crippen LogP contribution in [0.15, 0.2) is 18.2 Å². The van der Waals surface area contributed by atoms with E-state index in [1.807, 2.05) is 13.8 Å². The molecule has 0 saturated carbocycles. The van der Waals surface area contributed by atoms with Gasteiger partial charge in [-0.1, -0.05) is 31.5 Å². The number of nitrogens with two attached hydrogens (primary N) is 1. The van der Waals surface area contributed by atoms with Crippen molar-refractivity contribution < 1.29 is 4.79 Å². The van der Waals surface area contributed by atoms with Crippen LogP contribution in [0.3, 0.4) is 0 Å². The van der Waals surface area contributed by atoms with E-state index >= 15 is 0 Å². The van der Waals surface area contributed by atoms with Gasteiger partial charge in [0.2, 0.25) is 5.91 Å². The Morgan fingerprint density at radius 3 is 2.59 bits per heavy atom. The summed E-state index contributed by atoms with van der Waals surface area (Å²) in [5.74, 6) is 0.363. The highest BCUT2D eigenvalue weighted by Gasteiger charge is 2.33. The first-order chi connectivity index (χ1) is 8.07. The lowest BCUT2D eigenvalue weighted by Crippen LogP contribution is -2.41. The van der Waals surface area contributed by atoms with E-state index < -0.39 is 5.41 Å². The number of hydrogen-bond donors (Lipinski definition) is 2. The lowest BCUT2D eigenvalue weighted by atomic mass is 9.81. The van der Waals surface area contributed by atoms with Crippen molar-refractivity contribution in [3.63, 3.8) is 0 Å². The predicted molar refractivity (Wildman–Crippen MR) is 69.9 cm³/mol. The summed E-state index contributed by atoms with van der Waals surface area (Å²) < 4.78 is 0. The molecule has 0 radical (unpaired) electrons. The molecule has 17 heavy (non-hydrogen) atoms. The Balaban J connectivity index is 2.84. The summed E-state index contributed by atoms with van der Waals surface area (Å²) in [4.78, 5) is 16.2. The molecule has 0 atom stereocenters. The maximum Gasteiger partial charge on any atom is 0.233 e. The summed E-state index contributed by atoms with van der Waals surface area (Å²) in [5.41, 5.74) is 5.18. The fourth-order valence-corrected chi connectivity index (χ4v) is 1.84. The molecule has 94 valence electrons. The molecular formula is C12H18ClN3O. The number of amides is 1. The third-order valence-electron chi connectivity index (χ3n) is 3.18. The molecule has 1 aromatic heterocycles. The quantitative estimate of drug-likeness (QED) is 0.794. The van der Waals surface area contributed by atoms with Crippen molar-refractivity contribution in [2.75, 3.05) is 11.9 Å². The smallest absolute Gasteiger partial charge is 0.233 e. The summed E-state index contributed by atoms with van der Waals surface area (Å²) in [5, 5.41) is 3.12. The molecule has 4 nitrogen and oxygen atoms in total. The average molecular weight is 256 g/mol. The number of anilines is 1. The van der Waals surface area contributed by atoms with Crippen molar-refractivity contribution in [2.24, 2.45) is 11.1 Å². The average Bonchev–Trinajstić information content (AvgIpc) is 2.32. The summed E-state index contributed by atoms with van der Waals surface area (Å²) in [6.07, 6.45) is 1.40. The maximum absolute atomic E-state index is 12.2. The minimum atomic E-state index is -0.524. The lowest BCUT2D eigenvalue weighted by molar-refractivity contribution is -0.125. The van der Waals surface area contributed by atoms with Crippen LogP contribution >= 0.6 is 11.6 Å². The number of halogens is 1. The molecule has 0 bridgehead atoms. The molecular weight excluding hydrogens is 238 g/mol. The first kappa shape index (κ1) is 13.9. The second-order valence-corrected chi connectivity index (χ2v) is 4.38. The molecule has 0 fully saturated rings. The molecule has 5 heteroatoms. The van der Waals surface area contributed by atoms with Crippen LogP contribution in [0.2, 0.25) is 5.15 Å². The topological polar surface area (TPSA) is 68.0 Å². The van der Waals surface area contributed by atoms with Crippen LogP contribution in [0.1, 0.15) is 26.7 Å². The van der Waals surface area contributed by atoms with Gasteiger partial charge in [-0.2, -0.15) is 0 Å². The standard InChI is InChI=1S/C12H18ClN3O/c1-3-12(4-2,8-14)11(17)16-10-7-5-6-9(13)15-10/h5-7H,3-4,8,14H2,1-2H3,(H,15,16,17). The van der Waals surface area contributed by atoms with Crippen molar-refractivity contribution in [2.45, 2.75) is 26.7 Å². The molecule has 1 rings (SSSR count). The molecule has 3 N–H and O–H groups in total. The van der Waals surface area contributed by atoms with E-state index in [1.54, 1.807) is 18.2 Å². The SMILES string of the molecule is CCC(CC)(CN)C(=O)Nc1cccc(Cl)n1. The Morgan fingerprint density at radius 1 is 1.47 bits per heavy atom. The van der Waals surface area contributed by atoms with Crippen molar-refractivity contribution in [1.82, 2.24) is 4.98 Å². The van der Waals surface area contributed by atoms with Crippen LogP contribution in [-0.2, 0) is 4.79 Å². The summed E-state index contributed by atoms with van der Waals surface area (Å²) in [6.45, 7) is 4.25. The fourth-order valence-electron chi connectivity index (χ4n) is 1.68. The molecule has 1 aromatic rings. The largest absolute Gasteiger partial charge is 0.329 e. The van der Waals surface area contributed by atoms with Gasteiger partial charge in [-0.25, -0.2) is 4.98 Å². The molecule has 1 heterocycles. The first-order valence-electron chi connectivity index (χ1n) is 5.72. The molecule has 0 aliphatic carbocycles. The predicted octanol–water partition coefficient (Wildman–Crippen LogP) is 2.44. The van der Waals surface area contributed by atoms with Gasteiger partial charge in [-0.05, 0) is 25.0 Å². The molecule has 0 spiro atoms. The van der Waals surface area contributed by atoms with Gasteiger partial charge in [0, 0.05) is 6.54 Å². The first-order valence-corrected chi connectivity index (χ1v) is 6.10. The number of nitrogens with zero attached hydrogens (tertiary/aromatic N) is 1. The zero-order valence-corrected chi connectivity index (χ0v) is 10.9. The van der Waals surface area contributed by atoms with Gasteiger partial charge < -0.3 is 11.1 Å². The number of pyridine rings is 1. The Bertz CT molecular complexity index is 383. The lowest BCUT2D eigenvalue weighted by Gasteiger charge is -2.28. The Hall–Kier alpha value is -1.13. The van der Waals surface area contributed by atoms with Gasteiger partial charge >= 0.3 is 0 Å². The van der Waals surface area contributed by atoms with E-state index in [0.29, 0.717) is 30.4 Å². The number of rotatable bonds is 5. The normalized spacial score (nSPS) is 11.3. The van der Waals surface area contributed by atoms with Crippen LogP contribution in [0.25, 0.3) is 0 Å². The van der Waals surface area contributed by atoms with E-state index in [-0.39, 0.29) is 5.91 Å². The highest BCUT2D eigenvalue weighted by Crippen LogP contribution is 2.26. The Morgan fingerprint density at radius 2 is 2.12 bits per heavy atom. The number of carbonyl (C=O) groups is 1. The number of nitrogens with one attached hydrogen (secondary N) is 1. The van der Waals surface area contributed by atoms with Crippen LogP contribution < -0.4 is 11.1 Å². The van der Waals surface area contributed by atoms with Gasteiger partial charge in [-0.3, -0.25) is 4.79 Å². The van der Waals surface area contributed by atoms with Crippen LogP contribution in [0, 0.1) is 5.41 Å². The number of aromatic nitrogens is 1. The van der Waals surface area contributed by atoms with Crippen LogP contribution in [0.4, 0.5) is 5.82 Å². The maximum atomic E-state index is 12.2. The van der Waals surface area contributed by atoms with Gasteiger partial charge in [0.1, 0.15) is 11.0 Å². The number of hydrogen-bond acceptors (Lipinski definition) is 3. The molecule has 0 unspecified atom stereocenters. The monoisotopic (exact) mass is 255 g/mol. The molecule has 0 aliphatic heterocycles. The second kappa shape index (κ2) is 5.98. The Labute approximate surface area is 107 Å². The molecule has 0 saturated heterocycles. The van der Waals surface area contributed by atoms with Crippen molar-refractivity contribution >= 4 is 23.3 Å². The van der Waals surface area contributed by atoms with Crippen molar-refractivity contribution in [3.05, 3.63) is 23.4 Å². The summed E-state index contributed by atoms with van der Waals surface area (Å²) >= 11 is 5.76. The summed E-state index contributed by atoms with van der Waals surface area (Å²) in [7, 11) is 0. The minimum Gasteiger partial charge on any atom is -0.329 e. The highest BCUT2D eigenvalue weighted by atomic mass is 35.5. The van der Waals surface area contributed by atoms with E-state index in [4.69, 9.17) is 17.3 Å². The third-order valence-corrected chi connectivity index (χ3v) is 3.39. The van der Waals surface area contributed by atoms with Crippen LogP contribution in [-0.4, -0.2) is 17.4 Å². The second-order valence-electron chi connectivity index (χ2n) is 3.99. The molecule has 1 amide bonds. The number of carbonyl (C=O) groups excluding carboxylic acids is 1. The highest BCUT2D eigenvalue weighted by molar-refractivity contribution is 6.29. The van der Waals surface area contributed by atoms with Gasteiger partial charge in [-0.15, -0.1) is 0 Å². The molecule has 0 aliphatic rings. The third kappa shape index (κ3) is 3.17. The van der Waals surface area contributed by atoms with Crippen molar-refractivity contribution in [3.8, 4) is 0 Å². The van der Waals surface area contributed by atoms with E-state index in [2.05, 4.69) is 10.3 Å². The van der Waals surface area contributed by atoms with Gasteiger partial charge in [0.05, 0.1) is 5.41 Å². The Kier molecular flexibility index (Phi) is 4.90. The van der Waals surface area contributed by atoms with Crippen molar-refractivity contribution in [1.29, 1.82) is 0 Å². The van der Waals surface area contributed by atoms with Gasteiger partial charge in [0.25, 0.3) is 0 Å². The fraction of sp³-hybridized carbons (Fsp3) is 0.500. The van der Waals surface area contributed by atoms with Crippen LogP contribution in [0.5, 0.6) is 0 Å².